The van der Waals surface area contributed by atoms with E-state index < -0.39 is 35.5 Å². The van der Waals surface area contributed by atoms with Gasteiger partial charge in [-0.2, -0.15) is 0 Å². The second-order valence-corrected chi connectivity index (χ2v) is 12.8. The molecule has 5 atom stereocenters. The van der Waals surface area contributed by atoms with Crippen LogP contribution in [0.3, 0.4) is 0 Å². The predicted molar refractivity (Wildman–Crippen MR) is 153 cm³/mol. The van der Waals surface area contributed by atoms with Crippen LogP contribution in [0.4, 0.5) is 0 Å². The van der Waals surface area contributed by atoms with Gasteiger partial charge in [0.2, 0.25) is 5.88 Å². The number of amides is 1. The highest BCUT2D eigenvalue weighted by Gasteiger charge is 2.59. The number of benzene rings is 1. The van der Waals surface area contributed by atoms with Crippen LogP contribution in [0, 0.1) is 11.3 Å². The fourth-order valence-electron chi connectivity index (χ4n) is 6.30. The fourth-order valence-corrected chi connectivity index (χ4v) is 6.68. The fraction of sp³-hybridized carbons (Fsp3) is 0.567. The molecule has 3 heterocycles. The first kappa shape index (κ1) is 29.5. The molecule has 1 aromatic heterocycles. The molecule has 0 radical (unpaired) electrons. The van der Waals surface area contributed by atoms with Crippen molar-refractivity contribution in [2.45, 2.75) is 84.2 Å². The number of nitrogens with one attached hydrogen (secondary N) is 1. The Balaban J connectivity index is 1.89. The van der Waals surface area contributed by atoms with Gasteiger partial charge in [-0.15, -0.1) is 0 Å². The van der Waals surface area contributed by atoms with Gasteiger partial charge in [-0.1, -0.05) is 58.9 Å². The van der Waals surface area contributed by atoms with E-state index in [1.807, 2.05) is 24.3 Å². The quantitative estimate of drug-likeness (QED) is 0.422. The first-order valence-electron chi connectivity index (χ1n) is 13.6. The van der Waals surface area contributed by atoms with Gasteiger partial charge in [-0.05, 0) is 57.3 Å². The van der Waals surface area contributed by atoms with Gasteiger partial charge in [0, 0.05) is 41.3 Å². The van der Waals surface area contributed by atoms with E-state index in [-0.39, 0.29) is 17.9 Å². The molecule has 2 fully saturated rings. The normalized spacial score (nSPS) is 25.3. The molecular formula is C30H40BrN3O5. The number of hydrogen-bond donors (Lipinski definition) is 2. The third-order valence-electron chi connectivity index (χ3n) is 7.93. The lowest BCUT2D eigenvalue weighted by Crippen LogP contribution is -2.50. The van der Waals surface area contributed by atoms with Crippen LogP contribution in [0.5, 0.6) is 5.88 Å². The molecule has 8 nitrogen and oxygen atoms in total. The summed E-state index contributed by atoms with van der Waals surface area (Å²) in [6, 6.07) is 8.14. The summed E-state index contributed by atoms with van der Waals surface area (Å²) in [5, 5.41) is 14.4. The molecule has 1 aromatic carbocycles. The number of halogens is 1. The van der Waals surface area contributed by atoms with Gasteiger partial charge < -0.3 is 24.8 Å². The molecule has 1 amide bonds. The number of nitrogens with zero attached hydrogens (tertiary/aromatic N) is 2. The van der Waals surface area contributed by atoms with Crippen LogP contribution in [-0.2, 0) is 20.9 Å². The largest absolute Gasteiger partial charge is 0.481 e. The molecule has 0 spiro atoms. The Hall–Kier alpha value is -2.49. The number of carbonyl (C=O) groups is 2. The van der Waals surface area contributed by atoms with E-state index in [9.17, 15) is 14.7 Å². The lowest BCUT2D eigenvalue weighted by atomic mass is 9.72. The molecule has 212 valence electrons. The van der Waals surface area contributed by atoms with Gasteiger partial charge >= 0.3 is 5.97 Å². The highest BCUT2D eigenvalue weighted by molar-refractivity contribution is 9.10. The lowest BCUT2D eigenvalue weighted by molar-refractivity contribution is -0.156. The average Bonchev–Trinajstić information content (AvgIpc) is 3.53. The summed E-state index contributed by atoms with van der Waals surface area (Å²) in [5.74, 6) is -0.954. The van der Waals surface area contributed by atoms with E-state index in [4.69, 9.17) is 9.47 Å². The van der Waals surface area contributed by atoms with Crippen molar-refractivity contribution in [3.8, 4) is 5.88 Å². The van der Waals surface area contributed by atoms with Crippen LogP contribution in [0.2, 0.25) is 0 Å². The first-order valence-corrected chi connectivity index (χ1v) is 14.4. The zero-order valence-corrected chi connectivity index (χ0v) is 25.2. The van der Waals surface area contributed by atoms with E-state index in [0.717, 1.165) is 27.6 Å². The SMILES string of the molecule is COc1ncc(Br)cc1CN[C@H]1[C@H](C(C)(C)C)[C@@H](C(=O)O)N(C(=O)[C@@H]2CCCO2)[C@H]1c1ccccc1C(C)C. The van der Waals surface area contributed by atoms with E-state index in [1.165, 1.54) is 0 Å². The zero-order chi connectivity index (χ0) is 28.5. The molecule has 2 N–H and O–H groups in total. The number of carboxylic acid groups (broad SMARTS) is 1. The average molecular weight is 603 g/mol. The van der Waals surface area contributed by atoms with Crippen LogP contribution in [0.15, 0.2) is 41.0 Å². The van der Waals surface area contributed by atoms with Crippen molar-refractivity contribution < 1.29 is 24.2 Å². The summed E-state index contributed by atoms with van der Waals surface area (Å²) < 4.78 is 12.1. The van der Waals surface area contributed by atoms with Gasteiger partial charge in [0.25, 0.3) is 5.91 Å². The smallest absolute Gasteiger partial charge is 0.326 e. The Labute approximate surface area is 239 Å². The number of ether oxygens (including phenoxy) is 2. The summed E-state index contributed by atoms with van der Waals surface area (Å²) in [5.41, 5.74) is 2.47. The molecule has 2 aromatic rings. The Morgan fingerprint density at radius 1 is 1.28 bits per heavy atom. The van der Waals surface area contributed by atoms with Gasteiger partial charge in [0.05, 0.1) is 13.2 Å². The van der Waals surface area contributed by atoms with Crippen molar-refractivity contribution in [3.05, 3.63) is 57.7 Å². The topological polar surface area (TPSA) is 101 Å². The van der Waals surface area contributed by atoms with Crippen LogP contribution in [0.1, 0.15) is 76.1 Å². The number of hydrogen-bond acceptors (Lipinski definition) is 6. The maximum absolute atomic E-state index is 14.1. The molecule has 2 saturated heterocycles. The summed E-state index contributed by atoms with van der Waals surface area (Å²) in [6.07, 6.45) is 2.43. The third-order valence-corrected chi connectivity index (χ3v) is 8.36. The highest BCUT2D eigenvalue weighted by atomic mass is 79.9. The molecule has 39 heavy (non-hydrogen) atoms. The maximum Gasteiger partial charge on any atom is 0.326 e. The minimum Gasteiger partial charge on any atom is -0.481 e. The zero-order valence-electron chi connectivity index (χ0n) is 23.6. The van der Waals surface area contributed by atoms with Gasteiger partial charge in [0.15, 0.2) is 0 Å². The van der Waals surface area contributed by atoms with E-state index in [2.05, 4.69) is 66.9 Å². The number of aliphatic carboxylic acids is 1. The van der Waals surface area contributed by atoms with Crippen molar-refractivity contribution >= 4 is 27.8 Å². The minimum absolute atomic E-state index is 0.188. The Morgan fingerprint density at radius 2 is 2.00 bits per heavy atom. The third kappa shape index (κ3) is 6.00. The number of carbonyl (C=O) groups excluding carboxylic acids is 1. The number of carboxylic acids is 1. The Bertz CT molecular complexity index is 1190. The lowest BCUT2D eigenvalue weighted by Gasteiger charge is -2.35. The van der Waals surface area contributed by atoms with Gasteiger partial charge in [-0.25, -0.2) is 9.78 Å². The monoisotopic (exact) mass is 601 g/mol. The number of aromatic nitrogens is 1. The van der Waals surface area contributed by atoms with Crippen LogP contribution < -0.4 is 10.1 Å². The number of likely N-dealkylation sites (tertiary alicyclic amines) is 1. The van der Waals surface area contributed by atoms with E-state index in [0.29, 0.717) is 25.5 Å². The first-order chi connectivity index (χ1) is 18.5. The molecule has 9 heteroatoms. The molecule has 4 rings (SSSR count). The Morgan fingerprint density at radius 3 is 2.59 bits per heavy atom. The molecule has 2 aliphatic rings. The van der Waals surface area contributed by atoms with Crippen molar-refractivity contribution in [2.75, 3.05) is 13.7 Å². The summed E-state index contributed by atoms with van der Waals surface area (Å²) in [7, 11) is 1.58. The second kappa shape index (κ2) is 11.9. The van der Waals surface area contributed by atoms with Crippen molar-refractivity contribution in [1.29, 1.82) is 0 Å². The summed E-state index contributed by atoms with van der Waals surface area (Å²) in [6.45, 7) is 11.3. The summed E-state index contributed by atoms with van der Waals surface area (Å²) in [4.78, 5) is 33.2. The highest BCUT2D eigenvalue weighted by Crippen LogP contribution is 2.50. The molecule has 0 unspecified atom stereocenters. The van der Waals surface area contributed by atoms with Gasteiger partial charge in [-0.3, -0.25) is 4.79 Å². The van der Waals surface area contributed by atoms with E-state index in [1.54, 1.807) is 18.2 Å². The molecule has 0 aliphatic carbocycles. The van der Waals surface area contributed by atoms with Crippen molar-refractivity contribution in [2.24, 2.45) is 11.3 Å². The number of pyridine rings is 1. The van der Waals surface area contributed by atoms with Crippen LogP contribution in [-0.4, -0.2) is 58.8 Å². The van der Waals surface area contributed by atoms with E-state index >= 15 is 0 Å². The summed E-state index contributed by atoms with van der Waals surface area (Å²) >= 11 is 3.50. The maximum atomic E-state index is 14.1. The van der Waals surface area contributed by atoms with Gasteiger partial charge in [0.1, 0.15) is 12.1 Å². The Kier molecular flexibility index (Phi) is 9.03. The molecule has 0 bridgehead atoms. The minimum atomic E-state index is -1.02. The molecular weight excluding hydrogens is 562 g/mol. The second-order valence-electron chi connectivity index (χ2n) is 11.9. The number of methoxy groups -OCH3 is 1. The van der Waals surface area contributed by atoms with Crippen LogP contribution in [0.25, 0.3) is 0 Å². The predicted octanol–water partition coefficient (Wildman–Crippen LogP) is 5.31. The molecule has 2 aliphatic heterocycles. The van der Waals surface area contributed by atoms with Crippen molar-refractivity contribution in [1.82, 2.24) is 15.2 Å². The van der Waals surface area contributed by atoms with Crippen molar-refractivity contribution in [3.63, 3.8) is 0 Å². The number of rotatable bonds is 8. The standard InChI is InChI=1S/C30H40BrN3O5/c1-17(2)20-10-7-8-11-21(20)25-24(32-15-18-14-19(31)16-33-27(18)38-6)23(30(3,4)5)26(29(36)37)34(25)28(35)22-12-9-13-39-22/h7-8,10-11,14,16-17,22-26,32H,9,12-13,15H2,1-6H3,(H,36,37)/t22-,23-,24-,25-,26-/m0/s1. The molecule has 0 saturated carbocycles. The van der Waals surface area contributed by atoms with Crippen LogP contribution >= 0.6 is 15.9 Å².